The van der Waals surface area contributed by atoms with E-state index in [1.165, 1.54) is 0 Å². The molecule has 0 atom stereocenters. The van der Waals surface area contributed by atoms with Crippen molar-refractivity contribution in [1.29, 1.82) is 0 Å². The third kappa shape index (κ3) is 1.84. The van der Waals surface area contributed by atoms with E-state index in [2.05, 4.69) is 19.7 Å². The van der Waals surface area contributed by atoms with Crippen LogP contribution >= 0.6 is 11.6 Å². The van der Waals surface area contributed by atoms with Crippen molar-refractivity contribution in [3.8, 4) is 0 Å². The molecule has 2 heteroatoms. The molecule has 8 heavy (non-hydrogen) atoms. The second-order valence-electron chi connectivity index (χ2n) is 2.05. The Bertz CT molecular complexity index is 90.7. The normalized spacial score (nSPS) is 10.8. The highest BCUT2D eigenvalue weighted by Gasteiger charge is 2.15. The average molecular weight is 147 g/mol. The van der Waals surface area contributed by atoms with Crippen molar-refractivity contribution in [2.24, 2.45) is 0 Å². The second kappa shape index (κ2) is 3.10. The van der Waals surface area contributed by atoms with Gasteiger partial charge in [-0.2, -0.15) is 0 Å². The Morgan fingerprint density at radius 2 is 1.88 bits per heavy atom. The van der Waals surface area contributed by atoms with Crippen LogP contribution < -0.4 is 0 Å². The van der Waals surface area contributed by atoms with Gasteiger partial charge in [-0.25, -0.2) is 0 Å². The highest BCUT2D eigenvalue weighted by molar-refractivity contribution is 6.92. The van der Waals surface area contributed by atoms with Crippen LogP contribution in [0.2, 0.25) is 6.55 Å². The molecule has 0 N–H and O–H groups in total. The fourth-order valence-corrected chi connectivity index (χ4v) is 1.23. The van der Waals surface area contributed by atoms with Gasteiger partial charge in [-0.3, -0.25) is 0 Å². The number of alkyl halides is 1. The zero-order valence-electron chi connectivity index (χ0n) is 5.15. The summed E-state index contributed by atoms with van der Waals surface area (Å²) in [4.78, 5) is 0. The van der Waals surface area contributed by atoms with Gasteiger partial charge in [0.2, 0.25) is 0 Å². The summed E-state index contributed by atoms with van der Waals surface area (Å²) < 4.78 is 0. The molecule has 0 aliphatic carbocycles. The summed E-state index contributed by atoms with van der Waals surface area (Å²) in [5, 5.41) is 0. The molecule has 0 saturated heterocycles. The maximum absolute atomic E-state index is 5.63. The van der Waals surface area contributed by atoms with Gasteiger partial charge in [0.25, 0.3) is 0 Å². The highest BCUT2D eigenvalue weighted by Crippen LogP contribution is 2.05. The van der Waals surface area contributed by atoms with Crippen LogP contribution in [0, 0.1) is 0 Å². The van der Waals surface area contributed by atoms with E-state index in [-0.39, 0.29) is 0 Å². The second-order valence-corrected chi connectivity index (χ2v) is 6.94. The molecule has 0 rings (SSSR count). The summed E-state index contributed by atoms with van der Waals surface area (Å²) in [6.07, 6.45) is 0. The Morgan fingerprint density at radius 3 is 1.88 bits per heavy atom. The summed E-state index contributed by atoms with van der Waals surface area (Å²) in [6.45, 7) is 9.49. The van der Waals surface area contributed by atoms with Crippen LogP contribution in [-0.4, -0.2) is 13.6 Å². The highest BCUT2D eigenvalue weighted by atomic mass is 35.5. The van der Waals surface area contributed by atoms with Gasteiger partial charge < -0.3 is 0 Å². The number of rotatable bonds is 3. The van der Waals surface area contributed by atoms with E-state index < -0.39 is 8.07 Å². The number of halogens is 1. The maximum atomic E-state index is 5.63. The van der Waals surface area contributed by atoms with Crippen LogP contribution in [0.3, 0.4) is 0 Å². The van der Waals surface area contributed by atoms with E-state index in [4.69, 9.17) is 11.6 Å². The van der Waals surface area contributed by atoms with E-state index in [9.17, 15) is 0 Å². The Morgan fingerprint density at radius 1 is 1.50 bits per heavy atom. The smallest absolute Gasteiger partial charge is 0.112 e. The van der Waals surface area contributed by atoms with Gasteiger partial charge >= 0.3 is 0 Å². The third-order valence-electron chi connectivity index (χ3n) is 1.22. The van der Waals surface area contributed by atoms with Gasteiger partial charge in [0, 0.05) is 5.50 Å². The van der Waals surface area contributed by atoms with Crippen molar-refractivity contribution >= 4 is 19.7 Å². The first-order chi connectivity index (χ1) is 3.68. The number of hydrogen-bond donors (Lipinski definition) is 0. The molecular formula is C6H11ClSi. The molecule has 0 nitrogen and oxygen atoms in total. The summed E-state index contributed by atoms with van der Waals surface area (Å²) in [6, 6.07) is 0. The molecule has 0 aromatic carbocycles. The van der Waals surface area contributed by atoms with Gasteiger partial charge in [0.15, 0.2) is 0 Å². The lowest BCUT2D eigenvalue weighted by Gasteiger charge is -2.11. The van der Waals surface area contributed by atoms with Gasteiger partial charge in [0.1, 0.15) is 8.07 Å². The summed E-state index contributed by atoms with van der Waals surface area (Å²) in [5.41, 5.74) is 4.57. The molecule has 0 bridgehead atoms. The molecule has 0 spiro atoms. The zero-order valence-corrected chi connectivity index (χ0v) is 6.91. The lowest BCUT2D eigenvalue weighted by atomic mass is 11.2. The molecule has 0 unspecified atom stereocenters. The largest absolute Gasteiger partial charge is 0.129 e. The van der Waals surface area contributed by atoms with Gasteiger partial charge in [-0.05, 0) is 0 Å². The van der Waals surface area contributed by atoms with Crippen LogP contribution in [0.1, 0.15) is 0 Å². The Hall–Kier alpha value is -0.0131. The Labute approximate surface area is 56.9 Å². The lowest BCUT2D eigenvalue weighted by Crippen LogP contribution is -2.27. The quantitative estimate of drug-likeness (QED) is 0.424. The Kier molecular flexibility index (Phi) is 3.10. The first-order valence-electron chi connectivity index (χ1n) is 2.51. The van der Waals surface area contributed by atoms with Gasteiger partial charge in [-0.15, -0.1) is 24.8 Å². The Balaban J connectivity index is 3.96. The molecule has 0 saturated carbocycles. The van der Waals surface area contributed by atoms with Crippen LogP contribution in [-0.2, 0) is 0 Å². The van der Waals surface area contributed by atoms with E-state index in [0.717, 1.165) is 0 Å². The van der Waals surface area contributed by atoms with Crippen molar-refractivity contribution < 1.29 is 0 Å². The molecule has 0 heterocycles. The summed E-state index contributed by atoms with van der Waals surface area (Å²) in [5.74, 6) is 0. The number of hydrogen-bond acceptors (Lipinski definition) is 0. The zero-order chi connectivity index (χ0) is 6.62. The molecular weight excluding hydrogens is 136 g/mol. The van der Waals surface area contributed by atoms with Crippen molar-refractivity contribution in [3.05, 3.63) is 24.6 Å². The molecule has 0 radical (unpaired) electrons. The topological polar surface area (TPSA) is 0 Å². The standard InChI is InChI=1S/C6H11ClSi/c1-4-8(3,5-2)6-7/h4-5H,1-2,6H2,3H3. The van der Waals surface area contributed by atoms with Crippen LogP contribution in [0.5, 0.6) is 0 Å². The minimum atomic E-state index is -1.38. The minimum absolute atomic E-state index is 0.694. The predicted molar refractivity (Wildman–Crippen MR) is 42.7 cm³/mol. The average Bonchev–Trinajstić information content (AvgIpc) is 1.87. The molecule has 0 aliphatic heterocycles. The van der Waals surface area contributed by atoms with E-state index in [0.29, 0.717) is 5.50 Å². The molecule has 46 valence electrons. The molecule has 0 aliphatic rings. The summed E-state index contributed by atoms with van der Waals surface area (Å²) >= 11 is 5.63. The van der Waals surface area contributed by atoms with Gasteiger partial charge in [-0.1, -0.05) is 17.9 Å². The first-order valence-corrected chi connectivity index (χ1v) is 5.91. The summed E-state index contributed by atoms with van der Waals surface area (Å²) in [7, 11) is -1.38. The van der Waals surface area contributed by atoms with Crippen LogP contribution in [0.4, 0.5) is 0 Å². The molecule has 0 aromatic heterocycles. The van der Waals surface area contributed by atoms with Crippen LogP contribution in [0.15, 0.2) is 24.6 Å². The molecule has 0 aromatic rings. The van der Waals surface area contributed by atoms with Crippen molar-refractivity contribution in [1.82, 2.24) is 0 Å². The van der Waals surface area contributed by atoms with Crippen molar-refractivity contribution in [3.63, 3.8) is 0 Å². The van der Waals surface area contributed by atoms with E-state index in [1.807, 2.05) is 11.4 Å². The molecule has 0 amide bonds. The van der Waals surface area contributed by atoms with Crippen molar-refractivity contribution in [2.75, 3.05) is 5.50 Å². The van der Waals surface area contributed by atoms with E-state index >= 15 is 0 Å². The van der Waals surface area contributed by atoms with Crippen molar-refractivity contribution in [2.45, 2.75) is 6.55 Å². The van der Waals surface area contributed by atoms with Gasteiger partial charge in [0.05, 0.1) is 0 Å². The third-order valence-corrected chi connectivity index (χ3v) is 5.39. The monoisotopic (exact) mass is 146 g/mol. The SMILES string of the molecule is C=C[Si](C)(C=C)CCl. The fourth-order valence-electron chi connectivity index (χ4n) is 0.192. The van der Waals surface area contributed by atoms with E-state index in [1.54, 1.807) is 0 Å². The maximum Gasteiger partial charge on any atom is 0.112 e. The predicted octanol–water partition coefficient (Wildman–Crippen LogP) is 2.29. The van der Waals surface area contributed by atoms with Crippen LogP contribution in [0.25, 0.3) is 0 Å². The minimum Gasteiger partial charge on any atom is -0.129 e. The first kappa shape index (κ1) is 7.99. The fraction of sp³-hybridized carbons (Fsp3) is 0.333. The lowest BCUT2D eigenvalue weighted by molar-refractivity contribution is 1.80. The molecule has 0 fully saturated rings.